The smallest absolute Gasteiger partial charge is 0.135 e. The Balaban J connectivity index is 1.90. The normalized spacial score (nSPS) is 11.7. The Bertz CT molecular complexity index is 548. The molecule has 0 saturated carbocycles. The highest BCUT2D eigenvalue weighted by Crippen LogP contribution is 2.19. The summed E-state index contributed by atoms with van der Waals surface area (Å²) in [5, 5.41) is 10.6. The number of aliphatic carboxylic acids is 1. The minimum atomic E-state index is -1.24. The molecular weight excluding hydrogens is 256 g/mol. The summed E-state index contributed by atoms with van der Waals surface area (Å²) in [6.45, 7) is 1.91. The highest BCUT2D eigenvalue weighted by atomic mass is 16.5. The summed E-state index contributed by atoms with van der Waals surface area (Å²) in [6.07, 6.45) is -0.980. The number of benzene rings is 2. The predicted octanol–water partition coefficient (Wildman–Crippen LogP) is 1.78. The van der Waals surface area contributed by atoms with Gasteiger partial charge in [-0.05, 0) is 36.8 Å². The van der Waals surface area contributed by atoms with E-state index in [0.29, 0.717) is 18.1 Å². The maximum absolute atomic E-state index is 10.6. The second-order valence-electron chi connectivity index (χ2n) is 4.32. The van der Waals surface area contributed by atoms with Gasteiger partial charge in [-0.1, -0.05) is 30.3 Å². The number of rotatable bonds is 6. The van der Waals surface area contributed by atoms with Crippen LogP contribution in [0.15, 0.2) is 54.6 Å². The van der Waals surface area contributed by atoms with Crippen LogP contribution in [0.4, 0.5) is 0 Å². The van der Waals surface area contributed by atoms with Crippen LogP contribution in [0, 0.1) is 0 Å². The van der Waals surface area contributed by atoms with Gasteiger partial charge in [-0.3, -0.25) is 0 Å². The average Bonchev–Trinajstić information content (AvgIpc) is 2.47. The summed E-state index contributed by atoms with van der Waals surface area (Å²) >= 11 is 0. The van der Waals surface area contributed by atoms with Gasteiger partial charge in [-0.25, -0.2) is 0 Å². The Kier molecular flexibility index (Phi) is 4.60. The van der Waals surface area contributed by atoms with Crippen LogP contribution >= 0.6 is 0 Å². The second kappa shape index (κ2) is 6.61. The van der Waals surface area contributed by atoms with E-state index in [4.69, 9.17) is 9.47 Å². The van der Waals surface area contributed by atoms with Crippen molar-refractivity contribution in [1.29, 1.82) is 0 Å². The van der Waals surface area contributed by atoms with Crippen molar-refractivity contribution in [3.8, 4) is 11.5 Å². The fourth-order valence-electron chi connectivity index (χ4n) is 1.61. The third kappa shape index (κ3) is 4.02. The Labute approximate surface area is 117 Å². The number of carboxylic acid groups (broad SMARTS) is 1. The fourth-order valence-corrected chi connectivity index (χ4v) is 1.61. The largest absolute Gasteiger partial charge is 0.546 e. The van der Waals surface area contributed by atoms with E-state index < -0.39 is 12.1 Å². The van der Waals surface area contributed by atoms with Crippen molar-refractivity contribution in [1.82, 2.24) is 0 Å². The summed E-state index contributed by atoms with van der Waals surface area (Å²) in [7, 11) is 0. The van der Waals surface area contributed by atoms with Crippen molar-refractivity contribution < 1.29 is 19.4 Å². The zero-order chi connectivity index (χ0) is 14.4. The highest BCUT2D eigenvalue weighted by molar-refractivity contribution is 5.69. The van der Waals surface area contributed by atoms with Gasteiger partial charge in [0.15, 0.2) is 0 Å². The number of carbonyl (C=O) groups excluding carboxylic acids is 1. The van der Waals surface area contributed by atoms with Crippen LogP contribution in [-0.2, 0) is 11.4 Å². The van der Waals surface area contributed by atoms with Gasteiger partial charge in [0.25, 0.3) is 0 Å². The molecule has 1 unspecified atom stereocenters. The molecule has 0 heterocycles. The zero-order valence-electron chi connectivity index (χ0n) is 11.1. The molecule has 20 heavy (non-hydrogen) atoms. The monoisotopic (exact) mass is 271 g/mol. The first kappa shape index (κ1) is 13.9. The lowest BCUT2D eigenvalue weighted by molar-refractivity contribution is -0.312. The fraction of sp³-hybridized carbons (Fsp3) is 0.188. The van der Waals surface area contributed by atoms with Crippen LogP contribution in [0.2, 0.25) is 0 Å². The Morgan fingerprint density at radius 2 is 1.65 bits per heavy atom. The maximum Gasteiger partial charge on any atom is 0.135 e. The average molecular weight is 271 g/mol. The van der Waals surface area contributed by atoms with Gasteiger partial charge in [0, 0.05) is 0 Å². The summed E-state index contributed by atoms with van der Waals surface area (Å²) < 4.78 is 10.8. The molecule has 0 aliphatic carbocycles. The molecular formula is C16H15O4-. The van der Waals surface area contributed by atoms with Crippen molar-refractivity contribution in [2.45, 2.75) is 19.6 Å². The van der Waals surface area contributed by atoms with E-state index in [1.165, 1.54) is 6.92 Å². The van der Waals surface area contributed by atoms with E-state index in [0.717, 1.165) is 5.56 Å². The van der Waals surface area contributed by atoms with Crippen molar-refractivity contribution in [3.63, 3.8) is 0 Å². The number of carboxylic acids is 1. The summed E-state index contributed by atoms with van der Waals surface area (Å²) in [5.41, 5.74) is 1.08. The van der Waals surface area contributed by atoms with Crippen LogP contribution in [0.3, 0.4) is 0 Å². The van der Waals surface area contributed by atoms with E-state index >= 15 is 0 Å². The van der Waals surface area contributed by atoms with Gasteiger partial charge < -0.3 is 19.4 Å². The molecule has 0 spiro atoms. The molecule has 0 aliphatic rings. The minimum absolute atomic E-state index is 0.466. The van der Waals surface area contributed by atoms with Crippen molar-refractivity contribution >= 4 is 5.97 Å². The van der Waals surface area contributed by atoms with Crippen LogP contribution in [0.1, 0.15) is 12.5 Å². The quantitative estimate of drug-likeness (QED) is 0.803. The van der Waals surface area contributed by atoms with E-state index in [9.17, 15) is 9.90 Å². The van der Waals surface area contributed by atoms with Gasteiger partial charge in [0.2, 0.25) is 0 Å². The number of ether oxygens (including phenoxy) is 2. The van der Waals surface area contributed by atoms with Gasteiger partial charge in [-0.15, -0.1) is 0 Å². The molecule has 0 radical (unpaired) electrons. The molecule has 0 saturated heterocycles. The standard InChI is InChI=1S/C16H16O4/c1-12(16(17)18)20-15-9-7-14(8-10-15)19-11-13-5-3-2-4-6-13/h2-10,12H,11H2,1H3,(H,17,18)/p-1. The second-order valence-corrected chi connectivity index (χ2v) is 4.32. The third-order valence-electron chi connectivity index (χ3n) is 2.72. The van der Waals surface area contributed by atoms with E-state index in [1.807, 2.05) is 30.3 Å². The maximum atomic E-state index is 10.6. The van der Waals surface area contributed by atoms with Gasteiger partial charge in [-0.2, -0.15) is 0 Å². The van der Waals surface area contributed by atoms with Gasteiger partial charge >= 0.3 is 0 Å². The van der Waals surface area contributed by atoms with Crippen LogP contribution in [0.25, 0.3) is 0 Å². The topological polar surface area (TPSA) is 58.6 Å². The molecule has 4 heteroatoms. The lowest BCUT2D eigenvalue weighted by atomic mass is 10.2. The molecule has 0 aliphatic heterocycles. The predicted molar refractivity (Wildman–Crippen MR) is 72.3 cm³/mol. The molecule has 1 atom stereocenters. The van der Waals surface area contributed by atoms with Crippen LogP contribution < -0.4 is 14.6 Å². The van der Waals surface area contributed by atoms with E-state index in [2.05, 4.69) is 0 Å². The molecule has 2 aromatic carbocycles. The van der Waals surface area contributed by atoms with Crippen LogP contribution in [-0.4, -0.2) is 12.1 Å². The summed E-state index contributed by atoms with van der Waals surface area (Å²) in [5.74, 6) is -0.0783. The molecule has 0 amide bonds. The molecule has 0 bridgehead atoms. The lowest BCUT2D eigenvalue weighted by Crippen LogP contribution is -2.37. The first-order chi connectivity index (χ1) is 9.65. The first-order valence-electron chi connectivity index (χ1n) is 6.29. The molecule has 2 aromatic rings. The summed E-state index contributed by atoms with van der Waals surface area (Å²) in [4.78, 5) is 10.6. The summed E-state index contributed by atoms with van der Waals surface area (Å²) in [6, 6.07) is 16.6. The number of carbonyl (C=O) groups is 1. The highest BCUT2D eigenvalue weighted by Gasteiger charge is 2.04. The van der Waals surface area contributed by atoms with Crippen molar-refractivity contribution in [2.24, 2.45) is 0 Å². The molecule has 2 rings (SSSR count). The van der Waals surface area contributed by atoms with Crippen molar-refractivity contribution in [2.75, 3.05) is 0 Å². The van der Waals surface area contributed by atoms with E-state index in [-0.39, 0.29) is 0 Å². The molecule has 0 aromatic heterocycles. The van der Waals surface area contributed by atoms with Crippen molar-refractivity contribution in [3.05, 3.63) is 60.2 Å². The molecule has 0 fully saturated rings. The zero-order valence-corrected chi connectivity index (χ0v) is 11.1. The Morgan fingerprint density at radius 1 is 1.05 bits per heavy atom. The molecule has 0 N–H and O–H groups in total. The van der Waals surface area contributed by atoms with Crippen LogP contribution in [0.5, 0.6) is 11.5 Å². The van der Waals surface area contributed by atoms with Gasteiger partial charge in [0.1, 0.15) is 24.2 Å². The molecule has 104 valence electrons. The van der Waals surface area contributed by atoms with Gasteiger partial charge in [0.05, 0.1) is 5.97 Å². The lowest BCUT2D eigenvalue weighted by Gasteiger charge is -2.15. The molecule has 4 nitrogen and oxygen atoms in total. The number of hydrogen-bond acceptors (Lipinski definition) is 4. The minimum Gasteiger partial charge on any atom is -0.546 e. The number of hydrogen-bond donors (Lipinski definition) is 0. The first-order valence-corrected chi connectivity index (χ1v) is 6.29. The Hall–Kier alpha value is -2.49. The SMILES string of the molecule is CC(Oc1ccc(OCc2ccccc2)cc1)C(=O)[O-]. The third-order valence-corrected chi connectivity index (χ3v) is 2.72. The Morgan fingerprint density at radius 3 is 2.25 bits per heavy atom. The van der Waals surface area contributed by atoms with E-state index in [1.54, 1.807) is 24.3 Å².